The Bertz CT molecular complexity index is 3260. The topological polar surface area (TPSA) is 50.9 Å². The number of phenolic OH excluding ortho intramolecular Hbond substituents is 1. The average molecular weight is 1060 g/mol. The minimum Gasteiger partial charge on any atom is -0.507 e. The standard InChI is InChI=1S/C62H62N3O.Pt/c1-59(2,3)44-25-23-39(24-26-44)43-35-50(41-20-16-21-42(34-41)51-38-49(40-18-14-13-15-19-40)55(62(10,11)12)48-22-17-33-63-56(48)51)57-53(36-43)65(47-30-27-45(28-31-47)60(4,5)6)58(64-57)52-37-46(61(7,8)9)29-32-54(52)66;/h13-33,35-38,66H,1-12H3;/q-1;. The number of rotatable bonds is 6. The van der Waals surface area contributed by atoms with E-state index in [0.717, 1.165) is 66.6 Å². The number of aromatic nitrogens is 3. The number of fused-ring (bicyclic) bond motifs is 2. The van der Waals surface area contributed by atoms with Gasteiger partial charge in [0.25, 0.3) is 0 Å². The Morgan fingerprint density at radius 1 is 0.463 bits per heavy atom. The summed E-state index contributed by atoms with van der Waals surface area (Å²) in [6.07, 6.45) is 1.90. The van der Waals surface area contributed by atoms with Gasteiger partial charge in [0, 0.05) is 38.5 Å². The molecule has 9 rings (SSSR count). The van der Waals surface area contributed by atoms with Crippen LogP contribution in [-0.2, 0) is 42.7 Å². The zero-order valence-corrected chi connectivity index (χ0v) is 43.3. The van der Waals surface area contributed by atoms with Gasteiger partial charge >= 0.3 is 0 Å². The van der Waals surface area contributed by atoms with Crippen LogP contribution in [0.15, 0.2) is 152 Å². The van der Waals surface area contributed by atoms with E-state index in [2.05, 4.69) is 221 Å². The molecule has 2 aromatic heterocycles. The molecule has 342 valence electrons. The van der Waals surface area contributed by atoms with E-state index in [1.807, 2.05) is 24.4 Å². The second kappa shape index (κ2) is 17.5. The Balaban J connectivity index is 0.00000608. The Hall–Kier alpha value is -6.09. The van der Waals surface area contributed by atoms with Crippen molar-refractivity contribution in [3.05, 3.63) is 180 Å². The Morgan fingerprint density at radius 3 is 1.64 bits per heavy atom. The summed E-state index contributed by atoms with van der Waals surface area (Å²) in [5.41, 5.74) is 17.4. The molecule has 0 radical (unpaired) electrons. The minimum absolute atomic E-state index is 0. The van der Waals surface area contributed by atoms with Crippen molar-refractivity contribution >= 4 is 21.9 Å². The zero-order valence-electron chi connectivity index (χ0n) is 41.0. The van der Waals surface area contributed by atoms with E-state index in [0.29, 0.717) is 11.4 Å². The van der Waals surface area contributed by atoms with E-state index < -0.39 is 0 Å². The summed E-state index contributed by atoms with van der Waals surface area (Å²) in [6.45, 7) is 26.9. The summed E-state index contributed by atoms with van der Waals surface area (Å²) < 4.78 is 2.23. The molecule has 0 aliphatic rings. The first kappa shape index (κ1) is 47.4. The van der Waals surface area contributed by atoms with E-state index in [4.69, 9.17) is 9.97 Å². The van der Waals surface area contributed by atoms with Crippen LogP contribution in [0.5, 0.6) is 5.75 Å². The van der Waals surface area contributed by atoms with Gasteiger partial charge in [0.05, 0.1) is 16.6 Å². The molecule has 0 fully saturated rings. The van der Waals surface area contributed by atoms with Crippen LogP contribution in [-0.4, -0.2) is 19.6 Å². The number of benzene rings is 7. The van der Waals surface area contributed by atoms with E-state index in [1.165, 1.54) is 27.8 Å². The second-order valence-corrected chi connectivity index (χ2v) is 22.1. The fourth-order valence-electron chi connectivity index (χ4n) is 9.34. The van der Waals surface area contributed by atoms with Gasteiger partial charge in [0.15, 0.2) is 0 Å². The summed E-state index contributed by atoms with van der Waals surface area (Å²) in [5.74, 6) is 0.862. The number of aromatic hydroxyl groups is 1. The van der Waals surface area contributed by atoms with Crippen LogP contribution in [0.3, 0.4) is 0 Å². The van der Waals surface area contributed by atoms with Gasteiger partial charge in [0.1, 0.15) is 11.6 Å². The summed E-state index contributed by atoms with van der Waals surface area (Å²) in [6, 6.07) is 55.9. The summed E-state index contributed by atoms with van der Waals surface area (Å²) >= 11 is 0. The van der Waals surface area contributed by atoms with Crippen molar-refractivity contribution in [2.45, 2.75) is 105 Å². The van der Waals surface area contributed by atoms with Gasteiger partial charge in [-0.25, -0.2) is 4.98 Å². The van der Waals surface area contributed by atoms with Crippen LogP contribution in [0.4, 0.5) is 0 Å². The predicted octanol–water partition coefficient (Wildman–Crippen LogP) is 16.6. The van der Waals surface area contributed by atoms with Crippen molar-refractivity contribution in [1.82, 2.24) is 14.5 Å². The van der Waals surface area contributed by atoms with Crippen molar-refractivity contribution in [1.29, 1.82) is 0 Å². The molecule has 4 nitrogen and oxygen atoms in total. The van der Waals surface area contributed by atoms with Crippen molar-refractivity contribution in [2.24, 2.45) is 0 Å². The van der Waals surface area contributed by atoms with Crippen molar-refractivity contribution in [3.8, 4) is 67.3 Å². The van der Waals surface area contributed by atoms with Crippen LogP contribution in [0.25, 0.3) is 83.5 Å². The maximum absolute atomic E-state index is 11.8. The molecule has 0 saturated heterocycles. The van der Waals surface area contributed by atoms with Crippen LogP contribution in [0.2, 0.25) is 0 Å². The second-order valence-electron chi connectivity index (χ2n) is 22.1. The van der Waals surface area contributed by atoms with E-state index >= 15 is 0 Å². The van der Waals surface area contributed by atoms with Crippen LogP contribution < -0.4 is 0 Å². The summed E-state index contributed by atoms with van der Waals surface area (Å²) in [4.78, 5) is 10.7. The number of pyridine rings is 1. The first-order valence-corrected chi connectivity index (χ1v) is 23.3. The van der Waals surface area contributed by atoms with Gasteiger partial charge in [-0.3, -0.25) is 9.55 Å². The molecule has 1 N–H and O–H groups in total. The SMILES string of the molecule is CC(C)(C)c1ccc(-c2cc(-c3[c-]c(-c4cc(-c5ccccc5)c(C(C)(C)C)c5cccnc45)ccc3)c3nc(-c4cc(C(C)(C)C)ccc4O)n(-c4ccc(C(C)(C)C)cc4)c3c2)cc1.[Pt]. The third kappa shape index (κ3) is 9.18. The Morgan fingerprint density at radius 2 is 1.04 bits per heavy atom. The first-order chi connectivity index (χ1) is 31.2. The molecule has 0 aliphatic carbocycles. The molecule has 0 spiro atoms. The molecule has 67 heavy (non-hydrogen) atoms. The molecular formula is C62H62N3OPt-. The quantitative estimate of drug-likeness (QED) is 0.169. The maximum atomic E-state index is 11.8. The zero-order chi connectivity index (χ0) is 46.9. The summed E-state index contributed by atoms with van der Waals surface area (Å²) in [5, 5.41) is 12.9. The van der Waals surface area contributed by atoms with Crippen LogP contribution in [0, 0.1) is 6.07 Å². The molecule has 0 unspecified atom stereocenters. The van der Waals surface area contributed by atoms with E-state index in [1.54, 1.807) is 0 Å². The maximum Gasteiger partial charge on any atom is 0.148 e. The number of hydrogen-bond acceptors (Lipinski definition) is 3. The third-order valence-electron chi connectivity index (χ3n) is 13.0. The molecule has 7 aromatic carbocycles. The van der Waals surface area contributed by atoms with Crippen LogP contribution >= 0.6 is 0 Å². The van der Waals surface area contributed by atoms with Crippen LogP contribution in [0.1, 0.15) is 105 Å². The fraction of sp³-hybridized carbons (Fsp3) is 0.258. The smallest absolute Gasteiger partial charge is 0.148 e. The van der Waals surface area contributed by atoms with Gasteiger partial charge in [0.2, 0.25) is 0 Å². The molecule has 0 atom stereocenters. The van der Waals surface area contributed by atoms with Crippen molar-refractivity contribution < 1.29 is 26.2 Å². The molecular weight excluding hydrogens is 998 g/mol. The Kier molecular flexibility index (Phi) is 12.4. The monoisotopic (exact) mass is 1060 g/mol. The number of hydrogen-bond donors (Lipinski definition) is 1. The fourth-order valence-corrected chi connectivity index (χ4v) is 9.34. The van der Waals surface area contributed by atoms with Gasteiger partial charge in [-0.05, 0) is 108 Å². The predicted molar refractivity (Wildman–Crippen MR) is 279 cm³/mol. The number of imidazole rings is 1. The van der Waals surface area contributed by atoms with Gasteiger partial charge < -0.3 is 5.11 Å². The molecule has 0 bridgehead atoms. The van der Waals surface area contributed by atoms with Crippen molar-refractivity contribution in [2.75, 3.05) is 0 Å². The molecule has 0 aliphatic heterocycles. The summed E-state index contributed by atoms with van der Waals surface area (Å²) in [7, 11) is 0. The molecule has 0 amide bonds. The van der Waals surface area contributed by atoms with Crippen molar-refractivity contribution in [3.63, 3.8) is 0 Å². The normalized spacial score (nSPS) is 12.4. The van der Waals surface area contributed by atoms with Gasteiger partial charge in [-0.15, -0.1) is 35.4 Å². The number of phenols is 1. The van der Waals surface area contributed by atoms with E-state index in [9.17, 15) is 5.11 Å². The van der Waals surface area contributed by atoms with Gasteiger partial charge in [-0.2, -0.15) is 0 Å². The third-order valence-corrected chi connectivity index (χ3v) is 13.0. The Labute approximate surface area is 412 Å². The number of nitrogens with zero attached hydrogens (tertiary/aromatic N) is 3. The van der Waals surface area contributed by atoms with Gasteiger partial charge in [-0.1, -0.05) is 185 Å². The van der Waals surface area contributed by atoms with E-state index in [-0.39, 0.29) is 48.5 Å². The minimum atomic E-state index is -0.148. The first-order valence-electron chi connectivity index (χ1n) is 23.3. The molecule has 0 saturated carbocycles. The molecule has 9 aromatic rings. The molecule has 5 heteroatoms. The molecule has 2 heterocycles. The largest absolute Gasteiger partial charge is 0.507 e. The average Bonchev–Trinajstić information content (AvgIpc) is 3.66.